The lowest BCUT2D eigenvalue weighted by molar-refractivity contribution is 0.320. The third-order valence-corrected chi connectivity index (χ3v) is 3.87. The second-order valence-electron chi connectivity index (χ2n) is 5.51. The summed E-state index contributed by atoms with van der Waals surface area (Å²) < 4.78 is 5.79. The molecular weight excluding hydrogens is 304 g/mol. The van der Waals surface area contributed by atoms with Gasteiger partial charge in [0.15, 0.2) is 5.11 Å². The number of hydrogen-bond acceptors (Lipinski definition) is 2. The van der Waals surface area contributed by atoms with Gasteiger partial charge in [-0.25, -0.2) is 0 Å². The molecule has 0 radical (unpaired) electrons. The van der Waals surface area contributed by atoms with E-state index in [-0.39, 0.29) is 0 Å². The van der Waals surface area contributed by atoms with E-state index in [1.165, 1.54) is 11.1 Å². The molecule has 2 N–H and O–H groups in total. The summed E-state index contributed by atoms with van der Waals surface area (Å²) in [5.74, 6) is 0.924. The predicted molar refractivity (Wildman–Crippen MR) is 101 cm³/mol. The van der Waals surface area contributed by atoms with Crippen molar-refractivity contribution in [2.24, 2.45) is 0 Å². The summed E-state index contributed by atoms with van der Waals surface area (Å²) in [6.07, 6.45) is 0.974. The van der Waals surface area contributed by atoms with Gasteiger partial charge in [0.25, 0.3) is 0 Å². The van der Waals surface area contributed by atoms with E-state index < -0.39 is 0 Å². The van der Waals surface area contributed by atoms with E-state index in [9.17, 15) is 0 Å². The SMILES string of the molecule is CCc1ccccc1NC(=S)NCCOc1ccc(C)cc1C. The Bertz CT molecular complexity index is 670. The van der Waals surface area contributed by atoms with Crippen LogP contribution < -0.4 is 15.4 Å². The van der Waals surface area contributed by atoms with E-state index in [1.807, 2.05) is 24.3 Å². The minimum Gasteiger partial charge on any atom is -0.491 e. The van der Waals surface area contributed by atoms with Crippen LogP contribution in [0.5, 0.6) is 5.75 Å². The van der Waals surface area contributed by atoms with Crippen LogP contribution in [0.2, 0.25) is 0 Å². The van der Waals surface area contributed by atoms with Crippen LogP contribution in [0.3, 0.4) is 0 Å². The average Bonchev–Trinajstić information content (AvgIpc) is 2.53. The smallest absolute Gasteiger partial charge is 0.170 e. The fourth-order valence-electron chi connectivity index (χ4n) is 2.40. The summed E-state index contributed by atoms with van der Waals surface area (Å²) in [7, 11) is 0. The monoisotopic (exact) mass is 328 g/mol. The number of ether oxygens (including phenoxy) is 1. The minimum absolute atomic E-state index is 0.571. The van der Waals surface area contributed by atoms with Gasteiger partial charge in [-0.3, -0.25) is 0 Å². The maximum absolute atomic E-state index is 5.79. The standard InChI is InChI=1S/C19H24N2OS/c1-4-16-7-5-6-8-17(16)21-19(23)20-11-12-22-18-10-9-14(2)13-15(18)3/h5-10,13H,4,11-12H2,1-3H3,(H2,20,21,23). The number of thiocarbonyl (C=S) groups is 1. The van der Waals surface area contributed by atoms with Crippen molar-refractivity contribution in [1.82, 2.24) is 5.32 Å². The van der Waals surface area contributed by atoms with Crippen molar-refractivity contribution in [2.75, 3.05) is 18.5 Å². The molecule has 0 spiro atoms. The van der Waals surface area contributed by atoms with Crippen LogP contribution in [0.15, 0.2) is 42.5 Å². The number of aryl methyl sites for hydroxylation is 3. The quantitative estimate of drug-likeness (QED) is 0.614. The fraction of sp³-hybridized carbons (Fsp3) is 0.316. The number of benzene rings is 2. The van der Waals surface area contributed by atoms with E-state index in [1.54, 1.807) is 0 Å². The Hall–Kier alpha value is -2.07. The molecule has 3 nitrogen and oxygen atoms in total. The Balaban J connectivity index is 1.76. The van der Waals surface area contributed by atoms with Gasteiger partial charge in [0.1, 0.15) is 12.4 Å². The molecule has 4 heteroatoms. The molecule has 0 amide bonds. The Morgan fingerprint density at radius 3 is 2.65 bits per heavy atom. The van der Waals surface area contributed by atoms with Crippen LogP contribution in [-0.4, -0.2) is 18.3 Å². The van der Waals surface area contributed by atoms with E-state index in [4.69, 9.17) is 17.0 Å². The Morgan fingerprint density at radius 2 is 1.91 bits per heavy atom. The van der Waals surface area contributed by atoms with E-state index >= 15 is 0 Å². The van der Waals surface area contributed by atoms with Crippen molar-refractivity contribution >= 4 is 23.0 Å². The molecule has 0 saturated carbocycles. The first-order chi connectivity index (χ1) is 11.1. The molecule has 0 bridgehead atoms. The molecule has 0 aliphatic rings. The number of para-hydroxylation sites is 1. The van der Waals surface area contributed by atoms with Gasteiger partial charge in [0, 0.05) is 5.69 Å². The van der Waals surface area contributed by atoms with Crippen molar-refractivity contribution < 1.29 is 4.74 Å². The molecule has 0 unspecified atom stereocenters. The molecule has 0 fully saturated rings. The molecule has 2 aromatic rings. The second kappa shape index (κ2) is 8.53. The highest BCUT2D eigenvalue weighted by molar-refractivity contribution is 7.80. The van der Waals surface area contributed by atoms with Crippen LogP contribution >= 0.6 is 12.2 Å². The van der Waals surface area contributed by atoms with Crippen LogP contribution in [-0.2, 0) is 6.42 Å². The molecule has 0 heterocycles. The highest BCUT2D eigenvalue weighted by atomic mass is 32.1. The van der Waals surface area contributed by atoms with Gasteiger partial charge >= 0.3 is 0 Å². The summed E-state index contributed by atoms with van der Waals surface area (Å²) in [5.41, 5.74) is 4.71. The fourth-order valence-corrected chi connectivity index (χ4v) is 2.62. The minimum atomic E-state index is 0.571. The second-order valence-corrected chi connectivity index (χ2v) is 5.92. The zero-order valence-corrected chi connectivity index (χ0v) is 14.8. The number of rotatable bonds is 6. The third kappa shape index (κ3) is 5.25. The van der Waals surface area contributed by atoms with E-state index in [0.29, 0.717) is 18.3 Å². The lowest BCUT2D eigenvalue weighted by Crippen LogP contribution is -2.32. The van der Waals surface area contributed by atoms with E-state index in [0.717, 1.165) is 23.4 Å². The summed E-state index contributed by atoms with van der Waals surface area (Å²) in [6.45, 7) is 7.50. The zero-order valence-electron chi connectivity index (χ0n) is 14.0. The molecule has 23 heavy (non-hydrogen) atoms. The Labute approximate surface area is 144 Å². The highest BCUT2D eigenvalue weighted by Gasteiger charge is 2.03. The summed E-state index contributed by atoms with van der Waals surface area (Å²) in [5, 5.41) is 7.04. The topological polar surface area (TPSA) is 33.3 Å². The number of hydrogen-bond donors (Lipinski definition) is 2. The number of anilines is 1. The number of nitrogens with one attached hydrogen (secondary N) is 2. The Morgan fingerprint density at radius 1 is 1.13 bits per heavy atom. The van der Waals surface area contributed by atoms with Gasteiger partial charge in [-0.1, -0.05) is 42.8 Å². The first-order valence-corrected chi connectivity index (χ1v) is 8.33. The van der Waals surface area contributed by atoms with Gasteiger partial charge in [-0.05, 0) is 55.7 Å². The maximum Gasteiger partial charge on any atom is 0.170 e. The molecule has 2 rings (SSSR count). The first-order valence-electron chi connectivity index (χ1n) is 7.93. The summed E-state index contributed by atoms with van der Waals surface area (Å²) in [6, 6.07) is 14.4. The molecule has 0 atom stereocenters. The van der Waals surface area contributed by atoms with Crippen LogP contribution in [0.1, 0.15) is 23.6 Å². The molecule has 122 valence electrons. The lowest BCUT2D eigenvalue weighted by Gasteiger charge is -2.14. The average molecular weight is 328 g/mol. The molecule has 0 saturated heterocycles. The van der Waals surface area contributed by atoms with Crippen molar-refractivity contribution in [2.45, 2.75) is 27.2 Å². The molecule has 0 aliphatic carbocycles. The van der Waals surface area contributed by atoms with Gasteiger partial charge in [0.05, 0.1) is 6.54 Å². The first kappa shape index (κ1) is 17.3. The maximum atomic E-state index is 5.79. The molecule has 0 aliphatic heterocycles. The van der Waals surface area contributed by atoms with Crippen LogP contribution in [0.4, 0.5) is 5.69 Å². The molecule has 2 aromatic carbocycles. The van der Waals surface area contributed by atoms with Gasteiger partial charge in [0.2, 0.25) is 0 Å². The highest BCUT2D eigenvalue weighted by Crippen LogP contribution is 2.18. The van der Waals surface area contributed by atoms with Gasteiger partial charge in [-0.2, -0.15) is 0 Å². The predicted octanol–water partition coefficient (Wildman–Crippen LogP) is 4.23. The summed E-state index contributed by atoms with van der Waals surface area (Å²) >= 11 is 5.34. The van der Waals surface area contributed by atoms with Crippen LogP contribution in [0.25, 0.3) is 0 Å². The van der Waals surface area contributed by atoms with Gasteiger partial charge in [-0.15, -0.1) is 0 Å². The normalized spacial score (nSPS) is 10.2. The van der Waals surface area contributed by atoms with E-state index in [2.05, 4.69) is 49.6 Å². The molecular formula is C19H24N2OS. The van der Waals surface area contributed by atoms with Crippen LogP contribution in [0, 0.1) is 13.8 Å². The summed E-state index contributed by atoms with van der Waals surface area (Å²) in [4.78, 5) is 0. The largest absolute Gasteiger partial charge is 0.491 e. The third-order valence-electron chi connectivity index (χ3n) is 3.62. The lowest BCUT2D eigenvalue weighted by atomic mass is 10.1. The van der Waals surface area contributed by atoms with Crippen molar-refractivity contribution in [3.63, 3.8) is 0 Å². The van der Waals surface area contributed by atoms with Crippen molar-refractivity contribution in [1.29, 1.82) is 0 Å². The van der Waals surface area contributed by atoms with Gasteiger partial charge < -0.3 is 15.4 Å². The zero-order chi connectivity index (χ0) is 16.7. The van der Waals surface area contributed by atoms with Crippen molar-refractivity contribution in [3.8, 4) is 5.75 Å². The molecule has 0 aromatic heterocycles. The van der Waals surface area contributed by atoms with Crippen molar-refractivity contribution in [3.05, 3.63) is 59.2 Å². The Kier molecular flexibility index (Phi) is 6.41.